The maximum absolute atomic E-state index is 14.2. The first kappa shape index (κ1) is 17.1. The number of hydrogen-bond donors (Lipinski definition) is 0. The van der Waals surface area contributed by atoms with Gasteiger partial charge in [0.25, 0.3) is 0 Å². The van der Waals surface area contributed by atoms with Gasteiger partial charge in [0.05, 0.1) is 0 Å². The van der Waals surface area contributed by atoms with Crippen molar-refractivity contribution in [1.29, 1.82) is 0 Å². The van der Waals surface area contributed by atoms with Gasteiger partial charge in [0.15, 0.2) is 0 Å². The summed E-state index contributed by atoms with van der Waals surface area (Å²) >= 11 is 0. The highest BCUT2D eigenvalue weighted by Crippen LogP contribution is 2.29. The van der Waals surface area contributed by atoms with Crippen molar-refractivity contribution in [1.82, 2.24) is 0 Å². The lowest BCUT2D eigenvalue weighted by Crippen LogP contribution is -2.02. The SMILES string of the molecule is CCc1ccc(-c2ccc(-c3ccc(OC(F)F)cc3F)cc2)cc1. The van der Waals surface area contributed by atoms with Crippen LogP contribution in [0.3, 0.4) is 0 Å². The van der Waals surface area contributed by atoms with Gasteiger partial charge in [-0.25, -0.2) is 4.39 Å². The molecule has 0 fully saturated rings. The van der Waals surface area contributed by atoms with Crippen molar-refractivity contribution in [2.24, 2.45) is 0 Å². The van der Waals surface area contributed by atoms with Crippen molar-refractivity contribution in [3.63, 3.8) is 0 Å². The third-order valence-electron chi connectivity index (χ3n) is 4.06. The minimum absolute atomic E-state index is 0.191. The maximum Gasteiger partial charge on any atom is 0.387 e. The Bertz CT molecular complexity index is 840. The van der Waals surface area contributed by atoms with E-state index in [0.29, 0.717) is 11.1 Å². The monoisotopic (exact) mass is 342 g/mol. The second kappa shape index (κ2) is 7.43. The van der Waals surface area contributed by atoms with Gasteiger partial charge in [0.1, 0.15) is 11.6 Å². The molecule has 3 rings (SSSR count). The third-order valence-corrected chi connectivity index (χ3v) is 4.06. The summed E-state index contributed by atoms with van der Waals surface area (Å²) in [5, 5.41) is 0. The van der Waals surface area contributed by atoms with E-state index in [1.54, 1.807) is 0 Å². The van der Waals surface area contributed by atoms with Crippen LogP contribution in [0.4, 0.5) is 13.2 Å². The quantitative estimate of drug-likeness (QED) is 0.527. The number of rotatable bonds is 5. The fourth-order valence-electron chi connectivity index (χ4n) is 2.68. The van der Waals surface area contributed by atoms with E-state index in [1.807, 2.05) is 24.3 Å². The highest BCUT2D eigenvalue weighted by molar-refractivity contribution is 5.71. The van der Waals surface area contributed by atoms with Crippen molar-refractivity contribution >= 4 is 0 Å². The Kier molecular flexibility index (Phi) is 5.08. The Morgan fingerprint density at radius 1 is 0.800 bits per heavy atom. The largest absolute Gasteiger partial charge is 0.435 e. The normalized spacial score (nSPS) is 10.9. The molecule has 0 aliphatic heterocycles. The highest BCUT2D eigenvalue weighted by atomic mass is 19.3. The average Bonchev–Trinajstić information content (AvgIpc) is 2.62. The van der Waals surface area contributed by atoms with Crippen LogP contribution in [0.15, 0.2) is 66.7 Å². The Balaban J connectivity index is 1.84. The molecule has 0 atom stereocenters. The predicted octanol–water partition coefficient (Wildman–Crippen LogP) is 6.32. The Labute approximate surface area is 144 Å². The summed E-state index contributed by atoms with van der Waals surface area (Å²) in [6.07, 6.45) is 0.990. The molecule has 1 nitrogen and oxygen atoms in total. The van der Waals surface area contributed by atoms with Gasteiger partial charge in [-0.1, -0.05) is 55.5 Å². The van der Waals surface area contributed by atoms with Crippen LogP contribution < -0.4 is 4.74 Å². The summed E-state index contributed by atoms with van der Waals surface area (Å²) < 4.78 is 42.7. The van der Waals surface area contributed by atoms with Crippen LogP contribution >= 0.6 is 0 Å². The van der Waals surface area contributed by atoms with E-state index in [0.717, 1.165) is 23.6 Å². The first-order valence-corrected chi connectivity index (χ1v) is 8.01. The van der Waals surface area contributed by atoms with Crippen molar-refractivity contribution in [3.05, 3.63) is 78.1 Å². The summed E-state index contributed by atoms with van der Waals surface area (Å²) in [4.78, 5) is 0. The van der Waals surface area contributed by atoms with Crippen molar-refractivity contribution < 1.29 is 17.9 Å². The molecule has 0 heterocycles. The Morgan fingerprint density at radius 2 is 1.36 bits per heavy atom. The molecule has 0 N–H and O–H groups in total. The van der Waals surface area contributed by atoms with Crippen molar-refractivity contribution in [2.75, 3.05) is 0 Å². The molecule has 3 aromatic rings. The Hall–Kier alpha value is -2.75. The van der Waals surface area contributed by atoms with Crippen LogP contribution in [0.1, 0.15) is 12.5 Å². The number of halogens is 3. The third kappa shape index (κ3) is 4.02. The molecule has 0 saturated carbocycles. The van der Waals surface area contributed by atoms with E-state index in [9.17, 15) is 13.2 Å². The summed E-state index contributed by atoms with van der Waals surface area (Å²) in [7, 11) is 0. The molecule has 3 aromatic carbocycles. The van der Waals surface area contributed by atoms with Gasteiger partial charge < -0.3 is 4.74 Å². The van der Waals surface area contributed by atoms with E-state index in [1.165, 1.54) is 17.7 Å². The summed E-state index contributed by atoms with van der Waals surface area (Å²) in [6, 6.07) is 19.5. The zero-order valence-corrected chi connectivity index (χ0v) is 13.7. The van der Waals surface area contributed by atoms with Gasteiger partial charge in [-0.2, -0.15) is 8.78 Å². The smallest absolute Gasteiger partial charge is 0.387 e. The second-order valence-corrected chi connectivity index (χ2v) is 5.65. The summed E-state index contributed by atoms with van der Waals surface area (Å²) in [6.45, 7) is -0.862. The van der Waals surface area contributed by atoms with Crippen LogP contribution in [0.25, 0.3) is 22.3 Å². The molecule has 0 spiro atoms. The lowest BCUT2D eigenvalue weighted by atomic mass is 9.99. The molecule has 0 unspecified atom stereocenters. The summed E-state index contributed by atoms with van der Waals surface area (Å²) in [5.41, 5.74) is 4.41. The molecular formula is C21H17F3O. The zero-order valence-electron chi connectivity index (χ0n) is 13.7. The minimum atomic E-state index is -2.97. The van der Waals surface area contributed by atoms with Crippen LogP contribution in [0, 0.1) is 5.82 Å². The predicted molar refractivity (Wildman–Crippen MR) is 93.3 cm³/mol. The fourth-order valence-corrected chi connectivity index (χ4v) is 2.68. The molecule has 0 bridgehead atoms. The van der Waals surface area contributed by atoms with Gasteiger partial charge in [-0.05, 0) is 40.8 Å². The second-order valence-electron chi connectivity index (χ2n) is 5.65. The Morgan fingerprint density at radius 3 is 1.88 bits per heavy atom. The molecule has 4 heteroatoms. The van der Waals surface area contributed by atoms with Crippen molar-refractivity contribution in [3.8, 4) is 28.0 Å². The molecule has 0 aromatic heterocycles. The number of ether oxygens (including phenoxy) is 1. The number of aryl methyl sites for hydroxylation is 1. The van der Waals surface area contributed by atoms with E-state index >= 15 is 0 Å². The molecular weight excluding hydrogens is 325 g/mol. The van der Waals surface area contributed by atoms with E-state index in [-0.39, 0.29) is 5.75 Å². The maximum atomic E-state index is 14.2. The lowest BCUT2D eigenvalue weighted by molar-refractivity contribution is -0.0499. The number of benzene rings is 3. The number of hydrogen-bond acceptors (Lipinski definition) is 1. The molecule has 0 saturated heterocycles. The van der Waals surface area contributed by atoms with Crippen LogP contribution in [0.2, 0.25) is 0 Å². The van der Waals surface area contributed by atoms with E-state index < -0.39 is 12.4 Å². The molecule has 128 valence electrons. The van der Waals surface area contributed by atoms with E-state index in [4.69, 9.17) is 0 Å². The highest BCUT2D eigenvalue weighted by Gasteiger charge is 2.10. The van der Waals surface area contributed by atoms with Gasteiger partial charge in [-0.3, -0.25) is 0 Å². The van der Waals surface area contributed by atoms with E-state index in [2.05, 4.69) is 35.9 Å². The standard InChI is InChI=1S/C21H17F3O/c1-2-14-3-5-15(6-4-14)16-7-9-17(10-8-16)19-12-11-18(13-20(19)22)25-21(23)24/h3-13,21H,2H2,1H3. The van der Waals surface area contributed by atoms with Gasteiger partial charge in [0, 0.05) is 11.6 Å². The van der Waals surface area contributed by atoms with Crippen LogP contribution in [-0.2, 0) is 6.42 Å². The first-order chi connectivity index (χ1) is 12.1. The van der Waals surface area contributed by atoms with Crippen LogP contribution in [-0.4, -0.2) is 6.61 Å². The van der Waals surface area contributed by atoms with Gasteiger partial charge in [-0.15, -0.1) is 0 Å². The topological polar surface area (TPSA) is 9.23 Å². The van der Waals surface area contributed by atoms with Crippen molar-refractivity contribution in [2.45, 2.75) is 20.0 Å². The van der Waals surface area contributed by atoms with Gasteiger partial charge in [0.2, 0.25) is 0 Å². The molecule has 0 amide bonds. The fraction of sp³-hybridized carbons (Fsp3) is 0.143. The molecule has 25 heavy (non-hydrogen) atoms. The average molecular weight is 342 g/mol. The molecule has 0 radical (unpaired) electrons. The van der Waals surface area contributed by atoms with Crippen LogP contribution in [0.5, 0.6) is 5.75 Å². The lowest BCUT2D eigenvalue weighted by Gasteiger charge is -2.09. The minimum Gasteiger partial charge on any atom is -0.435 e. The number of alkyl halides is 2. The summed E-state index contributed by atoms with van der Waals surface area (Å²) in [5.74, 6) is -0.790. The first-order valence-electron chi connectivity index (χ1n) is 8.01. The molecule has 0 aliphatic carbocycles. The van der Waals surface area contributed by atoms with Gasteiger partial charge >= 0.3 is 6.61 Å². The zero-order chi connectivity index (χ0) is 17.8. The molecule has 0 aliphatic rings.